The molecule has 0 amide bonds. The Labute approximate surface area is 129 Å². The van der Waals surface area contributed by atoms with Crippen LogP contribution in [-0.2, 0) is 13.1 Å². The van der Waals surface area contributed by atoms with Crippen LogP contribution >= 0.6 is 11.3 Å². The summed E-state index contributed by atoms with van der Waals surface area (Å²) >= 11 is 1.70. The molecule has 1 aromatic heterocycles. The molecule has 0 aliphatic rings. The summed E-state index contributed by atoms with van der Waals surface area (Å²) in [6, 6.07) is 6.72. The molecule has 0 radical (unpaired) electrons. The van der Waals surface area contributed by atoms with Gasteiger partial charge in [0.25, 0.3) is 0 Å². The fourth-order valence-electron chi connectivity index (χ4n) is 2.23. The predicted octanol–water partition coefficient (Wildman–Crippen LogP) is 3.76. The standard InChI is InChI=1S/C16H22FN3S/c1-11(2)15-14(9-18-3)21-16(19-15)20(4)10-12-6-5-7-13(17)8-12/h5-8,11,18H,9-10H2,1-4H3. The normalized spacial score (nSPS) is 11.1. The largest absolute Gasteiger partial charge is 0.347 e. The second kappa shape index (κ2) is 7.00. The average Bonchev–Trinajstić information content (AvgIpc) is 2.83. The molecule has 1 N–H and O–H groups in total. The van der Waals surface area contributed by atoms with Crippen molar-refractivity contribution in [3.8, 4) is 0 Å². The fourth-order valence-corrected chi connectivity index (χ4v) is 3.42. The summed E-state index contributed by atoms with van der Waals surface area (Å²) in [4.78, 5) is 8.10. The van der Waals surface area contributed by atoms with Crippen molar-refractivity contribution >= 4 is 16.5 Å². The number of anilines is 1. The van der Waals surface area contributed by atoms with Crippen LogP contribution in [0.5, 0.6) is 0 Å². The highest BCUT2D eigenvalue weighted by Gasteiger charge is 2.16. The van der Waals surface area contributed by atoms with E-state index < -0.39 is 0 Å². The summed E-state index contributed by atoms with van der Waals surface area (Å²) in [6.45, 7) is 5.80. The van der Waals surface area contributed by atoms with E-state index in [1.807, 2.05) is 20.2 Å². The van der Waals surface area contributed by atoms with Crippen LogP contribution in [0.2, 0.25) is 0 Å². The van der Waals surface area contributed by atoms with Crippen molar-refractivity contribution in [2.24, 2.45) is 0 Å². The fraction of sp³-hybridized carbons (Fsp3) is 0.438. The molecule has 0 saturated heterocycles. The van der Waals surface area contributed by atoms with E-state index in [1.54, 1.807) is 23.5 Å². The van der Waals surface area contributed by atoms with Gasteiger partial charge in [-0.15, -0.1) is 11.3 Å². The molecule has 5 heteroatoms. The summed E-state index contributed by atoms with van der Waals surface area (Å²) in [5.41, 5.74) is 2.10. The van der Waals surface area contributed by atoms with Gasteiger partial charge in [-0.3, -0.25) is 0 Å². The molecule has 0 saturated carbocycles. The molecular weight excluding hydrogens is 285 g/mol. The monoisotopic (exact) mass is 307 g/mol. The van der Waals surface area contributed by atoms with Gasteiger partial charge in [0.15, 0.2) is 5.13 Å². The number of aromatic nitrogens is 1. The molecule has 0 bridgehead atoms. The van der Waals surface area contributed by atoms with Crippen molar-refractivity contribution in [2.75, 3.05) is 19.0 Å². The summed E-state index contributed by atoms with van der Waals surface area (Å²) in [6.07, 6.45) is 0. The van der Waals surface area contributed by atoms with Gasteiger partial charge in [0.1, 0.15) is 5.82 Å². The smallest absolute Gasteiger partial charge is 0.185 e. The van der Waals surface area contributed by atoms with E-state index >= 15 is 0 Å². The highest BCUT2D eigenvalue weighted by Crippen LogP contribution is 2.30. The van der Waals surface area contributed by atoms with Crippen molar-refractivity contribution in [1.29, 1.82) is 0 Å². The summed E-state index contributed by atoms with van der Waals surface area (Å²) in [5.74, 6) is 0.208. The number of nitrogens with one attached hydrogen (secondary N) is 1. The van der Waals surface area contributed by atoms with Crippen molar-refractivity contribution < 1.29 is 4.39 Å². The van der Waals surface area contributed by atoms with Gasteiger partial charge in [-0.2, -0.15) is 0 Å². The Morgan fingerprint density at radius 3 is 2.76 bits per heavy atom. The zero-order chi connectivity index (χ0) is 15.4. The van der Waals surface area contributed by atoms with Gasteiger partial charge in [-0.25, -0.2) is 9.37 Å². The zero-order valence-corrected chi connectivity index (χ0v) is 13.8. The number of hydrogen-bond acceptors (Lipinski definition) is 4. The van der Waals surface area contributed by atoms with Crippen LogP contribution in [0.4, 0.5) is 9.52 Å². The lowest BCUT2D eigenvalue weighted by Crippen LogP contribution is -2.16. The highest BCUT2D eigenvalue weighted by molar-refractivity contribution is 7.15. The Morgan fingerprint density at radius 2 is 2.14 bits per heavy atom. The molecule has 1 heterocycles. The van der Waals surface area contributed by atoms with E-state index in [2.05, 4.69) is 24.1 Å². The zero-order valence-electron chi connectivity index (χ0n) is 13.0. The lowest BCUT2D eigenvalue weighted by molar-refractivity contribution is 0.625. The van der Waals surface area contributed by atoms with Gasteiger partial charge >= 0.3 is 0 Å². The van der Waals surface area contributed by atoms with E-state index in [-0.39, 0.29) is 5.82 Å². The second-order valence-corrected chi connectivity index (χ2v) is 6.54. The molecule has 0 aliphatic carbocycles. The molecule has 0 aliphatic heterocycles. The lowest BCUT2D eigenvalue weighted by Gasteiger charge is -2.15. The van der Waals surface area contributed by atoms with Crippen LogP contribution in [0.15, 0.2) is 24.3 Å². The highest BCUT2D eigenvalue weighted by atomic mass is 32.1. The molecule has 0 fully saturated rings. The topological polar surface area (TPSA) is 28.2 Å². The van der Waals surface area contributed by atoms with Crippen LogP contribution < -0.4 is 10.2 Å². The van der Waals surface area contributed by atoms with Crippen LogP contribution in [0.1, 0.15) is 35.9 Å². The minimum absolute atomic E-state index is 0.196. The third kappa shape index (κ3) is 4.02. The van der Waals surface area contributed by atoms with Crippen LogP contribution in [0, 0.1) is 5.82 Å². The third-order valence-electron chi connectivity index (χ3n) is 3.24. The summed E-state index contributed by atoms with van der Waals surface area (Å²) < 4.78 is 13.3. The molecule has 2 aromatic rings. The molecule has 114 valence electrons. The number of thiazole rings is 1. The maximum Gasteiger partial charge on any atom is 0.185 e. The van der Waals surface area contributed by atoms with E-state index in [0.29, 0.717) is 12.5 Å². The van der Waals surface area contributed by atoms with Crippen molar-refractivity contribution in [3.05, 3.63) is 46.2 Å². The second-order valence-electron chi connectivity index (χ2n) is 5.48. The molecule has 2 rings (SSSR count). The first-order valence-electron chi connectivity index (χ1n) is 7.11. The Balaban J connectivity index is 2.18. The SMILES string of the molecule is CNCc1sc(N(C)Cc2cccc(F)c2)nc1C(C)C. The Morgan fingerprint density at radius 1 is 1.38 bits per heavy atom. The van der Waals surface area contributed by atoms with Crippen molar-refractivity contribution in [1.82, 2.24) is 10.3 Å². The first-order chi connectivity index (χ1) is 10.0. The first kappa shape index (κ1) is 15.9. The van der Waals surface area contributed by atoms with Crippen molar-refractivity contribution in [3.63, 3.8) is 0 Å². The molecule has 21 heavy (non-hydrogen) atoms. The van der Waals surface area contributed by atoms with Gasteiger partial charge in [0.2, 0.25) is 0 Å². The minimum Gasteiger partial charge on any atom is -0.347 e. The molecule has 0 atom stereocenters. The van der Waals surface area contributed by atoms with Crippen LogP contribution in [0.3, 0.4) is 0 Å². The van der Waals surface area contributed by atoms with E-state index in [0.717, 1.165) is 22.9 Å². The molecule has 1 aromatic carbocycles. The van der Waals surface area contributed by atoms with Crippen LogP contribution in [-0.4, -0.2) is 19.1 Å². The maximum atomic E-state index is 13.3. The number of nitrogens with zero attached hydrogens (tertiary/aromatic N) is 2. The molecule has 3 nitrogen and oxygen atoms in total. The lowest BCUT2D eigenvalue weighted by atomic mass is 10.1. The number of rotatable bonds is 6. The molecule has 0 spiro atoms. The number of hydrogen-bond donors (Lipinski definition) is 1. The predicted molar refractivity (Wildman–Crippen MR) is 87.5 cm³/mol. The van der Waals surface area contributed by atoms with Gasteiger partial charge in [0.05, 0.1) is 5.69 Å². The maximum absolute atomic E-state index is 13.3. The quantitative estimate of drug-likeness (QED) is 0.880. The van der Waals surface area contributed by atoms with Gasteiger partial charge in [-0.1, -0.05) is 26.0 Å². The Bertz CT molecular complexity index is 595. The van der Waals surface area contributed by atoms with Crippen LogP contribution in [0.25, 0.3) is 0 Å². The summed E-state index contributed by atoms with van der Waals surface area (Å²) in [5, 5.41) is 4.17. The Kier molecular flexibility index (Phi) is 5.31. The Hall–Kier alpha value is -1.46. The van der Waals surface area contributed by atoms with E-state index in [1.165, 1.54) is 10.9 Å². The summed E-state index contributed by atoms with van der Waals surface area (Å²) in [7, 11) is 3.94. The van der Waals surface area contributed by atoms with E-state index in [9.17, 15) is 4.39 Å². The van der Waals surface area contributed by atoms with Gasteiger partial charge in [0, 0.05) is 25.0 Å². The van der Waals surface area contributed by atoms with Gasteiger partial charge in [-0.05, 0) is 30.7 Å². The minimum atomic E-state index is -0.196. The average molecular weight is 307 g/mol. The van der Waals surface area contributed by atoms with Gasteiger partial charge < -0.3 is 10.2 Å². The first-order valence-corrected chi connectivity index (χ1v) is 7.92. The molecular formula is C16H22FN3S. The molecule has 0 unspecified atom stereocenters. The third-order valence-corrected chi connectivity index (χ3v) is 4.42. The van der Waals surface area contributed by atoms with Crippen molar-refractivity contribution in [2.45, 2.75) is 32.9 Å². The number of halogens is 1. The van der Waals surface area contributed by atoms with E-state index in [4.69, 9.17) is 4.98 Å². The number of benzene rings is 1.